The molecule has 0 bridgehead atoms. The van der Waals surface area contributed by atoms with Crippen LogP contribution in [-0.2, 0) is 16.1 Å². The van der Waals surface area contributed by atoms with Crippen LogP contribution in [0.4, 0.5) is 4.79 Å². The van der Waals surface area contributed by atoms with E-state index < -0.39 is 12.1 Å². The van der Waals surface area contributed by atoms with E-state index in [0.717, 1.165) is 31.2 Å². The average molecular weight is 424 g/mol. The van der Waals surface area contributed by atoms with Gasteiger partial charge in [0, 0.05) is 13.1 Å². The summed E-state index contributed by atoms with van der Waals surface area (Å²) >= 11 is 0. The third kappa shape index (κ3) is 7.10. The first-order chi connectivity index (χ1) is 15.2. The molecule has 3 N–H and O–H groups in total. The van der Waals surface area contributed by atoms with Crippen LogP contribution in [0.1, 0.15) is 49.1 Å². The molecule has 166 valence electrons. The lowest BCUT2D eigenvalue weighted by Crippen LogP contribution is -2.50. The number of hydrogen-bond acceptors (Lipinski definition) is 4. The second kappa shape index (κ2) is 12.1. The Hall–Kier alpha value is -2.86. The predicted molar refractivity (Wildman–Crippen MR) is 121 cm³/mol. The lowest BCUT2D eigenvalue weighted by molar-refractivity contribution is -0.134. The molecule has 1 saturated heterocycles. The molecule has 1 atom stereocenters. The molecule has 2 aromatic carbocycles. The highest BCUT2D eigenvalue weighted by Crippen LogP contribution is 2.28. The molecule has 0 aromatic heterocycles. The molecule has 1 heterocycles. The normalized spacial score (nSPS) is 15.3. The number of amides is 2. The first kappa shape index (κ1) is 22.8. The largest absolute Gasteiger partial charge is 0.445 e. The van der Waals surface area contributed by atoms with Crippen LogP contribution in [0.2, 0.25) is 0 Å². The van der Waals surface area contributed by atoms with Crippen molar-refractivity contribution < 1.29 is 14.3 Å². The smallest absolute Gasteiger partial charge is 0.408 e. The maximum Gasteiger partial charge on any atom is 0.408 e. The van der Waals surface area contributed by atoms with E-state index in [1.807, 2.05) is 41.3 Å². The van der Waals surface area contributed by atoms with Crippen molar-refractivity contribution in [2.75, 3.05) is 19.6 Å². The minimum atomic E-state index is -0.580. The molecule has 0 radical (unpaired) electrons. The van der Waals surface area contributed by atoms with Gasteiger partial charge in [-0.05, 0) is 55.7 Å². The lowest BCUT2D eigenvalue weighted by atomic mass is 9.89. The van der Waals surface area contributed by atoms with Crippen LogP contribution in [0.25, 0.3) is 0 Å². The maximum absolute atomic E-state index is 13.2. The van der Waals surface area contributed by atoms with Crippen molar-refractivity contribution in [2.24, 2.45) is 5.73 Å². The highest BCUT2D eigenvalue weighted by atomic mass is 16.5. The van der Waals surface area contributed by atoms with Gasteiger partial charge in [-0.25, -0.2) is 4.79 Å². The molecule has 0 aliphatic carbocycles. The second-order valence-corrected chi connectivity index (χ2v) is 8.05. The Labute approximate surface area is 184 Å². The predicted octanol–water partition coefficient (Wildman–Crippen LogP) is 3.82. The Balaban J connectivity index is 1.53. The van der Waals surface area contributed by atoms with E-state index in [-0.39, 0.29) is 12.5 Å². The molecule has 31 heavy (non-hydrogen) atoms. The highest BCUT2D eigenvalue weighted by Gasteiger charge is 2.29. The van der Waals surface area contributed by atoms with E-state index in [0.29, 0.717) is 32.0 Å². The van der Waals surface area contributed by atoms with Gasteiger partial charge in [0.25, 0.3) is 0 Å². The minimum Gasteiger partial charge on any atom is -0.445 e. The van der Waals surface area contributed by atoms with Gasteiger partial charge in [-0.3, -0.25) is 4.79 Å². The number of unbranched alkanes of at least 4 members (excludes halogenated alkanes) is 1. The fourth-order valence-corrected chi connectivity index (χ4v) is 4.04. The van der Waals surface area contributed by atoms with Gasteiger partial charge in [0.1, 0.15) is 12.6 Å². The van der Waals surface area contributed by atoms with Gasteiger partial charge in [0.2, 0.25) is 5.91 Å². The molecule has 1 aliphatic heterocycles. The average Bonchev–Trinajstić information content (AvgIpc) is 2.83. The van der Waals surface area contributed by atoms with Crippen LogP contribution in [-0.4, -0.2) is 42.6 Å². The molecular formula is C25H33N3O3. The number of ether oxygens (including phenoxy) is 1. The Morgan fingerprint density at radius 1 is 1.00 bits per heavy atom. The summed E-state index contributed by atoms with van der Waals surface area (Å²) in [5.41, 5.74) is 7.85. The van der Waals surface area contributed by atoms with Crippen LogP contribution >= 0.6 is 0 Å². The van der Waals surface area contributed by atoms with Crippen molar-refractivity contribution in [1.29, 1.82) is 0 Å². The molecule has 0 saturated carbocycles. The van der Waals surface area contributed by atoms with Crippen LogP contribution in [0, 0.1) is 0 Å². The molecule has 6 nitrogen and oxygen atoms in total. The van der Waals surface area contributed by atoms with E-state index in [4.69, 9.17) is 10.5 Å². The number of rotatable bonds is 9. The Kier molecular flexibility index (Phi) is 8.91. The van der Waals surface area contributed by atoms with Gasteiger partial charge in [0.05, 0.1) is 0 Å². The molecule has 0 unspecified atom stereocenters. The molecule has 6 heteroatoms. The van der Waals surface area contributed by atoms with Crippen molar-refractivity contribution in [3.63, 3.8) is 0 Å². The Morgan fingerprint density at radius 2 is 1.65 bits per heavy atom. The molecular weight excluding hydrogens is 390 g/mol. The highest BCUT2D eigenvalue weighted by molar-refractivity contribution is 5.85. The van der Waals surface area contributed by atoms with E-state index in [9.17, 15) is 9.59 Å². The first-order valence-electron chi connectivity index (χ1n) is 11.2. The molecule has 2 aromatic rings. The quantitative estimate of drug-likeness (QED) is 0.601. The summed E-state index contributed by atoms with van der Waals surface area (Å²) in [4.78, 5) is 27.4. The zero-order chi connectivity index (χ0) is 21.9. The van der Waals surface area contributed by atoms with Crippen molar-refractivity contribution in [3.05, 3.63) is 71.8 Å². The Bertz CT molecular complexity index is 805. The van der Waals surface area contributed by atoms with Crippen molar-refractivity contribution >= 4 is 12.0 Å². The topological polar surface area (TPSA) is 84.7 Å². The number of carbonyl (C=O) groups is 2. The molecule has 3 rings (SSSR count). The van der Waals surface area contributed by atoms with Crippen LogP contribution in [0.3, 0.4) is 0 Å². The maximum atomic E-state index is 13.2. The van der Waals surface area contributed by atoms with Gasteiger partial charge < -0.3 is 20.7 Å². The van der Waals surface area contributed by atoms with Crippen molar-refractivity contribution in [3.8, 4) is 0 Å². The van der Waals surface area contributed by atoms with Gasteiger partial charge in [-0.2, -0.15) is 0 Å². The van der Waals surface area contributed by atoms with Crippen molar-refractivity contribution in [2.45, 2.75) is 50.7 Å². The number of nitrogens with two attached hydrogens (primary N) is 1. The van der Waals surface area contributed by atoms with E-state index in [2.05, 4.69) is 29.6 Å². The summed E-state index contributed by atoms with van der Waals surface area (Å²) in [7, 11) is 0. The SMILES string of the molecule is NCCCC[C@H](NC(=O)OCc1ccccc1)C(=O)N1CCC(c2ccccc2)CC1. The van der Waals surface area contributed by atoms with Gasteiger partial charge >= 0.3 is 6.09 Å². The number of nitrogens with zero attached hydrogens (tertiary/aromatic N) is 1. The second-order valence-electron chi connectivity index (χ2n) is 8.05. The summed E-state index contributed by atoms with van der Waals surface area (Å²) in [5, 5.41) is 2.79. The Morgan fingerprint density at radius 3 is 2.29 bits per heavy atom. The van der Waals surface area contributed by atoms with E-state index in [1.54, 1.807) is 0 Å². The summed E-state index contributed by atoms with van der Waals surface area (Å²) < 4.78 is 5.33. The molecule has 1 fully saturated rings. The third-order valence-electron chi connectivity index (χ3n) is 5.83. The van der Waals surface area contributed by atoms with Gasteiger partial charge in [0.15, 0.2) is 0 Å². The summed E-state index contributed by atoms with van der Waals surface area (Å²) in [6, 6.07) is 19.4. The van der Waals surface area contributed by atoms with Crippen LogP contribution in [0.15, 0.2) is 60.7 Å². The van der Waals surface area contributed by atoms with Crippen molar-refractivity contribution in [1.82, 2.24) is 10.2 Å². The number of piperidine rings is 1. The third-order valence-corrected chi connectivity index (χ3v) is 5.83. The summed E-state index contributed by atoms with van der Waals surface area (Å²) in [6.07, 6.45) is 3.48. The minimum absolute atomic E-state index is 0.0276. The van der Waals surface area contributed by atoms with E-state index in [1.165, 1.54) is 5.56 Å². The molecule has 2 amide bonds. The number of likely N-dealkylation sites (tertiary alicyclic amines) is 1. The number of nitrogens with one attached hydrogen (secondary N) is 1. The number of benzene rings is 2. The van der Waals surface area contributed by atoms with Gasteiger partial charge in [-0.15, -0.1) is 0 Å². The van der Waals surface area contributed by atoms with Crippen LogP contribution in [0.5, 0.6) is 0 Å². The number of alkyl carbamates (subject to hydrolysis) is 1. The fourth-order valence-electron chi connectivity index (χ4n) is 4.04. The van der Waals surface area contributed by atoms with Gasteiger partial charge in [-0.1, -0.05) is 60.7 Å². The fraction of sp³-hybridized carbons (Fsp3) is 0.440. The lowest BCUT2D eigenvalue weighted by Gasteiger charge is -2.34. The first-order valence-corrected chi connectivity index (χ1v) is 11.2. The zero-order valence-corrected chi connectivity index (χ0v) is 18.0. The van der Waals surface area contributed by atoms with Crippen LogP contribution < -0.4 is 11.1 Å². The standard InChI is InChI=1S/C25H33N3O3/c26-16-8-7-13-23(27-25(30)31-19-20-9-3-1-4-10-20)24(29)28-17-14-22(15-18-28)21-11-5-2-6-12-21/h1-6,9-12,22-23H,7-8,13-19,26H2,(H,27,30)/t23-/m0/s1. The zero-order valence-electron chi connectivity index (χ0n) is 18.0. The molecule has 0 spiro atoms. The summed E-state index contributed by atoms with van der Waals surface area (Å²) in [6.45, 7) is 2.15. The number of carbonyl (C=O) groups excluding carboxylic acids is 2. The van der Waals surface area contributed by atoms with E-state index >= 15 is 0 Å². The monoisotopic (exact) mass is 423 g/mol. The summed E-state index contributed by atoms with van der Waals surface area (Å²) in [5.74, 6) is 0.449. The molecule has 1 aliphatic rings. The number of hydrogen-bond donors (Lipinski definition) is 2.